The normalized spacial score (nSPS) is 23.7. The second-order valence-corrected chi connectivity index (χ2v) is 6.88. The van der Waals surface area contributed by atoms with Gasteiger partial charge < -0.3 is 15.3 Å². The predicted molar refractivity (Wildman–Crippen MR) is 94.1 cm³/mol. The van der Waals surface area contributed by atoms with Crippen LogP contribution in [0.15, 0.2) is 23.4 Å². The molecule has 0 radical (unpaired) electrons. The summed E-state index contributed by atoms with van der Waals surface area (Å²) in [4.78, 5) is 15.1. The van der Waals surface area contributed by atoms with Crippen molar-refractivity contribution in [2.45, 2.75) is 57.3 Å². The summed E-state index contributed by atoms with van der Waals surface area (Å²) < 4.78 is 0. The molecule has 1 aliphatic rings. The number of carboxylic acids is 1. The van der Waals surface area contributed by atoms with Crippen LogP contribution in [-0.2, 0) is 10.2 Å². The minimum Gasteiger partial charge on any atom is -0.481 e. The standard InChI is InChI=1S/C19H24N2O3/c1-3-19(11-15(22)23)9-7-13(8-10-20-24)16-14-6-4-5-12(2)17(14)21-18(16)19/h4-6,10,13,21,24H,3,7-9,11H2,1-2H3,(H,22,23). The van der Waals surface area contributed by atoms with E-state index in [1.807, 2.05) is 6.07 Å². The molecule has 0 bridgehead atoms. The van der Waals surface area contributed by atoms with Gasteiger partial charge in [-0.25, -0.2) is 0 Å². The smallest absolute Gasteiger partial charge is 0.304 e. The van der Waals surface area contributed by atoms with Crippen molar-refractivity contribution in [2.24, 2.45) is 5.16 Å². The first-order chi connectivity index (χ1) is 11.5. The minimum atomic E-state index is -0.756. The molecule has 24 heavy (non-hydrogen) atoms. The van der Waals surface area contributed by atoms with Gasteiger partial charge in [-0.3, -0.25) is 4.79 Å². The Kier molecular flexibility index (Phi) is 4.35. The van der Waals surface area contributed by atoms with E-state index in [1.54, 1.807) is 6.21 Å². The number of carboxylic acid groups (broad SMARTS) is 1. The van der Waals surface area contributed by atoms with Crippen LogP contribution in [0.3, 0.4) is 0 Å². The Morgan fingerprint density at radius 3 is 2.96 bits per heavy atom. The molecule has 2 atom stereocenters. The average molecular weight is 328 g/mol. The Hall–Kier alpha value is -2.30. The van der Waals surface area contributed by atoms with E-state index < -0.39 is 5.97 Å². The summed E-state index contributed by atoms with van der Waals surface area (Å²) in [5.41, 5.74) is 4.19. The molecule has 2 aromatic rings. The number of nitrogens with zero attached hydrogens (tertiary/aromatic N) is 1. The molecule has 128 valence electrons. The fourth-order valence-corrected chi connectivity index (χ4v) is 4.30. The Balaban J connectivity index is 2.23. The molecule has 1 heterocycles. The van der Waals surface area contributed by atoms with Crippen molar-refractivity contribution in [1.82, 2.24) is 4.98 Å². The number of fused-ring (bicyclic) bond motifs is 3. The number of benzene rings is 1. The Morgan fingerprint density at radius 1 is 1.50 bits per heavy atom. The van der Waals surface area contributed by atoms with Crippen molar-refractivity contribution in [1.29, 1.82) is 0 Å². The molecular weight excluding hydrogens is 304 g/mol. The zero-order valence-corrected chi connectivity index (χ0v) is 14.2. The molecule has 1 aromatic carbocycles. The molecule has 3 N–H and O–H groups in total. The van der Waals surface area contributed by atoms with Gasteiger partial charge in [0.25, 0.3) is 0 Å². The average Bonchev–Trinajstić information content (AvgIpc) is 2.96. The number of hydrogen-bond acceptors (Lipinski definition) is 3. The molecule has 0 aliphatic heterocycles. The number of nitrogens with one attached hydrogen (secondary N) is 1. The first-order valence-electron chi connectivity index (χ1n) is 8.51. The fourth-order valence-electron chi connectivity index (χ4n) is 4.30. The molecule has 2 unspecified atom stereocenters. The van der Waals surface area contributed by atoms with Gasteiger partial charge in [-0.15, -0.1) is 5.16 Å². The van der Waals surface area contributed by atoms with Crippen molar-refractivity contribution in [3.8, 4) is 0 Å². The predicted octanol–water partition coefficient (Wildman–Crippen LogP) is 4.33. The van der Waals surface area contributed by atoms with E-state index in [2.05, 4.69) is 36.1 Å². The summed E-state index contributed by atoms with van der Waals surface area (Å²) in [5.74, 6) is -0.506. The van der Waals surface area contributed by atoms with E-state index in [4.69, 9.17) is 5.21 Å². The maximum absolute atomic E-state index is 11.5. The van der Waals surface area contributed by atoms with Gasteiger partial charge >= 0.3 is 5.97 Å². The molecule has 5 heteroatoms. The lowest BCUT2D eigenvalue weighted by Crippen LogP contribution is -2.34. The minimum absolute atomic E-state index is 0.142. The van der Waals surface area contributed by atoms with Gasteiger partial charge in [-0.1, -0.05) is 25.1 Å². The molecule has 5 nitrogen and oxygen atoms in total. The van der Waals surface area contributed by atoms with Crippen molar-refractivity contribution in [2.75, 3.05) is 0 Å². The van der Waals surface area contributed by atoms with Gasteiger partial charge in [-0.2, -0.15) is 0 Å². The van der Waals surface area contributed by atoms with Gasteiger partial charge in [0, 0.05) is 28.2 Å². The molecular formula is C19H24N2O3. The van der Waals surface area contributed by atoms with Gasteiger partial charge in [0.15, 0.2) is 0 Å². The Bertz CT molecular complexity index is 793. The number of aromatic nitrogens is 1. The monoisotopic (exact) mass is 328 g/mol. The lowest BCUT2D eigenvalue weighted by atomic mass is 9.65. The van der Waals surface area contributed by atoms with E-state index >= 15 is 0 Å². The summed E-state index contributed by atoms with van der Waals surface area (Å²) in [5, 5.41) is 22.6. The van der Waals surface area contributed by atoms with Crippen LogP contribution in [0, 0.1) is 6.92 Å². The van der Waals surface area contributed by atoms with Crippen molar-refractivity contribution in [3.63, 3.8) is 0 Å². The van der Waals surface area contributed by atoms with Crippen LogP contribution in [0.25, 0.3) is 10.9 Å². The third-order valence-corrected chi connectivity index (χ3v) is 5.63. The number of H-pyrrole nitrogens is 1. The lowest BCUT2D eigenvalue weighted by molar-refractivity contribution is -0.138. The first-order valence-corrected chi connectivity index (χ1v) is 8.51. The number of hydrogen-bond donors (Lipinski definition) is 3. The van der Waals surface area contributed by atoms with Gasteiger partial charge in [0.1, 0.15) is 0 Å². The van der Waals surface area contributed by atoms with E-state index in [0.717, 1.165) is 36.0 Å². The van der Waals surface area contributed by atoms with Gasteiger partial charge in [0.05, 0.1) is 6.42 Å². The molecule has 0 saturated carbocycles. The highest BCUT2D eigenvalue weighted by Gasteiger charge is 2.42. The summed E-state index contributed by atoms with van der Waals surface area (Å²) in [6.45, 7) is 4.14. The van der Waals surface area contributed by atoms with Crippen molar-refractivity contribution < 1.29 is 15.1 Å². The molecule has 0 fully saturated rings. The maximum Gasteiger partial charge on any atom is 0.304 e. The van der Waals surface area contributed by atoms with Crippen LogP contribution in [0.2, 0.25) is 0 Å². The molecule has 0 spiro atoms. The van der Waals surface area contributed by atoms with Crippen LogP contribution in [0.4, 0.5) is 0 Å². The Labute approximate surface area is 141 Å². The van der Waals surface area contributed by atoms with Crippen molar-refractivity contribution >= 4 is 23.1 Å². The number of carbonyl (C=O) groups is 1. The van der Waals surface area contributed by atoms with Gasteiger partial charge in [-0.05, 0) is 49.7 Å². The van der Waals surface area contributed by atoms with Crippen LogP contribution in [0.1, 0.15) is 61.8 Å². The van der Waals surface area contributed by atoms with Crippen LogP contribution in [0.5, 0.6) is 0 Å². The Morgan fingerprint density at radius 2 is 2.29 bits per heavy atom. The fraction of sp³-hybridized carbons (Fsp3) is 0.474. The zero-order chi connectivity index (χ0) is 17.3. The van der Waals surface area contributed by atoms with E-state index in [1.165, 1.54) is 10.9 Å². The van der Waals surface area contributed by atoms with Crippen LogP contribution < -0.4 is 0 Å². The third kappa shape index (κ3) is 2.58. The van der Waals surface area contributed by atoms with Crippen LogP contribution >= 0.6 is 0 Å². The number of rotatable bonds is 5. The van der Waals surface area contributed by atoms with Gasteiger partial charge in [0.2, 0.25) is 0 Å². The summed E-state index contributed by atoms with van der Waals surface area (Å²) in [7, 11) is 0. The van der Waals surface area contributed by atoms with Crippen molar-refractivity contribution in [3.05, 3.63) is 35.0 Å². The number of aliphatic carboxylic acids is 1. The zero-order valence-electron chi connectivity index (χ0n) is 14.2. The quantitative estimate of drug-likeness (QED) is 0.434. The molecule has 3 rings (SSSR count). The highest BCUT2D eigenvalue weighted by molar-refractivity contribution is 5.89. The lowest BCUT2D eigenvalue weighted by Gasteiger charge is -2.38. The summed E-state index contributed by atoms with van der Waals surface area (Å²) >= 11 is 0. The number of para-hydroxylation sites is 1. The topological polar surface area (TPSA) is 85.7 Å². The first kappa shape index (κ1) is 16.6. The molecule has 1 aromatic heterocycles. The summed E-state index contributed by atoms with van der Waals surface area (Å²) in [6.07, 6.45) is 4.87. The second-order valence-electron chi connectivity index (χ2n) is 6.88. The number of aromatic amines is 1. The molecule has 0 saturated heterocycles. The molecule has 0 amide bonds. The number of aryl methyl sites for hydroxylation is 1. The summed E-state index contributed by atoms with van der Waals surface area (Å²) in [6, 6.07) is 6.22. The number of oxime groups is 1. The highest BCUT2D eigenvalue weighted by Crippen LogP contribution is 2.50. The largest absolute Gasteiger partial charge is 0.481 e. The second kappa shape index (κ2) is 6.30. The SMILES string of the molecule is CCC1(CC(=O)O)CCC(CC=NO)c2c1[nH]c1c(C)cccc21. The third-order valence-electron chi connectivity index (χ3n) is 5.63. The van der Waals surface area contributed by atoms with E-state index in [-0.39, 0.29) is 17.8 Å². The van der Waals surface area contributed by atoms with Crippen LogP contribution in [-0.4, -0.2) is 27.5 Å². The van der Waals surface area contributed by atoms with E-state index in [0.29, 0.717) is 6.42 Å². The highest BCUT2D eigenvalue weighted by atomic mass is 16.4. The maximum atomic E-state index is 11.5. The molecule has 1 aliphatic carbocycles. The van der Waals surface area contributed by atoms with E-state index in [9.17, 15) is 9.90 Å².